The normalized spacial score (nSPS) is 17.4. The van der Waals surface area contributed by atoms with E-state index in [-0.39, 0.29) is 6.04 Å². The highest BCUT2D eigenvalue weighted by molar-refractivity contribution is 7.16. The van der Waals surface area contributed by atoms with Crippen molar-refractivity contribution in [3.8, 4) is 0 Å². The van der Waals surface area contributed by atoms with Gasteiger partial charge in [-0.25, -0.2) is 0 Å². The molecule has 18 heavy (non-hydrogen) atoms. The minimum atomic E-state index is -0.0423. The fraction of sp³-hybridized carbons (Fsp3) is 0.333. The molecule has 3 rings (SSSR count). The van der Waals surface area contributed by atoms with E-state index in [4.69, 9.17) is 17.3 Å². The molecule has 1 aromatic heterocycles. The standard InChI is InChI=1S/C15H16ClNS/c16-14-9-8-13(18-14)15(17)12-7-2-1-6-11(12)10-4-3-5-10/h1-2,6-10,15H,3-5,17H2. The summed E-state index contributed by atoms with van der Waals surface area (Å²) in [6.07, 6.45) is 3.95. The first-order valence-corrected chi connectivity index (χ1v) is 7.55. The number of thiophene rings is 1. The van der Waals surface area contributed by atoms with Crippen molar-refractivity contribution in [1.29, 1.82) is 0 Å². The van der Waals surface area contributed by atoms with Gasteiger partial charge in [-0.2, -0.15) is 0 Å². The van der Waals surface area contributed by atoms with Crippen LogP contribution in [0.1, 0.15) is 47.2 Å². The van der Waals surface area contributed by atoms with Crippen LogP contribution in [-0.4, -0.2) is 0 Å². The van der Waals surface area contributed by atoms with Crippen LogP contribution in [0.15, 0.2) is 36.4 Å². The van der Waals surface area contributed by atoms with Crippen LogP contribution in [0.5, 0.6) is 0 Å². The zero-order chi connectivity index (χ0) is 12.5. The van der Waals surface area contributed by atoms with Gasteiger partial charge in [-0.3, -0.25) is 0 Å². The van der Waals surface area contributed by atoms with Crippen molar-refractivity contribution >= 4 is 22.9 Å². The Kier molecular flexibility index (Phi) is 3.42. The SMILES string of the molecule is NC(c1ccc(Cl)s1)c1ccccc1C1CCC1. The Morgan fingerprint density at radius 2 is 1.94 bits per heavy atom. The lowest BCUT2D eigenvalue weighted by Gasteiger charge is -2.29. The molecule has 1 saturated carbocycles. The van der Waals surface area contributed by atoms with Gasteiger partial charge in [0.05, 0.1) is 10.4 Å². The Bertz CT molecular complexity index is 545. The Morgan fingerprint density at radius 3 is 2.56 bits per heavy atom. The van der Waals surface area contributed by atoms with Crippen LogP contribution in [-0.2, 0) is 0 Å². The van der Waals surface area contributed by atoms with E-state index < -0.39 is 0 Å². The minimum Gasteiger partial charge on any atom is -0.320 e. The zero-order valence-electron chi connectivity index (χ0n) is 10.1. The molecule has 0 aliphatic heterocycles. The third-order valence-corrected chi connectivity index (χ3v) is 5.09. The third-order valence-electron chi connectivity index (χ3n) is 3.78. The van der Waals surface area contributed by atoms with Gasteiger partial charge in [0.25, 0.3) is 0 Å². The molecular weight excluding hydrogens is 262 g/mol. The fourth-order valence-corrected chi connectivity index (χ4v) is 3.62. The highest BCUT2D eigenvalue weighted by atomic mass is 35.5. The van der Waals surface area contributed by atoms with E-state index in [9.17, 15) is 0 Å². The quantitative estimate of drug-likeness (QED) is 0.863. The highest BCUT2D eigenvalue weighted by Crippen LogP contribution is 2.41. The van der Waals surface area contributed by atoms with Crippen molar-refractivity contribution in [3.63, 3.8) is 0 Å². The molecular formula is C15H16ClNS. The summed E-state index contributed by atoms with van der Waals surface area (Å²) in [5.41, 5.74) is 9.09. The van der Waals surface area contributed by atoms with E-state index in [0.29, 0.717) is 5.92 Å². The molecule has 1 nitrogen and oxygen atoms in total. The van der Waals surface area contributed by atoms with Crippen molar-refractivity contribution < 1.29 is 0 Å². The largest absolute Gasteiger partial charge is 0.320 e. The van der Waals surface area contributed by atoms with Crippen LogP contribution in [0.25, 0.3) is 0 Å². The third kappa shape index (κ3) is 2.20. The van der Waals surface area contributed by atoms with Crippen molar-refractivity contribution in [3.05, 3.63) is 56.7 Å². The predicted octanol–water partition coefficient (Wildman–Crippen LogP) is 4.72. The highest BCUT2D eigenvalue weighted by Gasteiger charge is 2.24. The predicted molar refractivity (Wildman–Crippen MR) is 78.4 cm³/mol. The van der Waals surface area contributed by atoms with Gasteiger partial charge in [0.1, 0.15) is 0 Å². The average molecular weight is 278 g/mol. The number of halogens is 1. The zero-order valence-corrected chi connectivity index (χ0v) is 11.7. The number of nitrogens with two attached hydrogens (primary N) is 1. The summed E-state index contributed by atoms with van der Waals surface area (Å²) in [6, 6.07) is 12.5. The lowest BCUT2D eigenvalue weighted by Crippen LogP contribution is -2.17. The molecule has 1 unspecified atom stereocenters. The molecule has 94 valence electrons. The van der Waals surface area contributed by atoms with Crippen molar-refractivity contribution in [1.82, 2.24) is 0 Å². The van der Waals surface area contributed by atoms with Crippen molar-refractivity contribution in [2.75, 3.05) is 0 Å². The molecule has 2 N–H and O–H groups in total. The van der Waals surface area contributed by atoms with Crippen LogP contribution in [0.3, 0.4) is 0 Å². The van der Waals surface area contributed by atoms with E-state index >= 15 is 0 Å². The summed E-state index contributed by atoms with van der Waals surface area (Å²) < 4.78 is 0.807. The lowest BCUT2D eigenvalue weighted by atomic mass is 9.77. The summed E-state index contributed by atoms with van der Waals surface area (Å²) >= 11 is 7.57. The minimum absolute atomic E-state index is 0.0423. The molecule has 1 atom stereocenters. The smallest absolute Gasteiger partial charge is 0.0931 e. The van der Waals surface area contributed by atoms with Gasteiger partial charge in [-0.15, -0.1) is 11.3 Å². The second kappa shape index (κ2) is 5.04. The van der Waals surface area contributed by atoms with Crippen LogP contribution in [0, 0.1) is 0 Å². The van der Waals surface area contributed by atoms with Crippen LogP contribution >= 0.6 is 22.9 Å². The van der Waals surface area contributed by atoms with Crippen LogP contribution < -0.4 is 5.73 Å². The maximum atomic E-state index is 6.40. The topological polar surface area (TPSA) is 26.0 Å². The Hall–Kier alpha value is -0.830. The van der Waals surface area contributed by atoms with E-state index in [2.05, 4.69) is 24.3 Å². The summed E-state index contributed by atoms with van der Waals surface area (Å²) in [5.74, 6) is 0.711. The Balaban J connectivity index is 1.95. The van der Waals surface area contributed by atoms with E-state index in [0.717, 1.165) is 9.21 Å². The Labute approximate surface area is 117 Å². The van der Waals surface area contributed by atoms with Gasteiger partial charge >= 0.3 is 0 Å². The summed E-state index contributed by atoms with van der Waals surface area (Å²) in [6.45, 7) is 0. The van der Waals surface area contributed by atoms with E-state index in [1.807, 2.05) is 12.1 Å². The van der Waals surface area contributed by atoms with Gasteiger partial charge in [0.2, 0.25) is 0 Å². The fourth-order valence-electron chi connectivity index (χ4n) is 2.53. The number of rotatable bonds is 3. The average Bonchev–Trinajstić information content (AvgIpc) is 2.74. The summed E-state index contributed by atoms with van der Waals surface area (Å²) in [5, 5.41) is 0. The van der Waals surface area contributed by atoms with Crippen LogP contribution in [0.2, 0.25) is 4.34 Å². The first-order chi connectivity index (χ1) is 8.75. The summed E-state index contributed by atoms with van der Waals surface area (Å²) in [4.78, 5) is 1.15. The second-order valence-corrected chi connectivity index (χ2v) is 6.62. The van der Waals surface area contributed by atoms with Gasteiger partial charge in [-0.05, 0) is 42.0 Å². The second-order valence-electron chi connectivity index (χ2n) is 4.88. The van der Waals surface area contributed by atoms with E-state index in [1.165, 1.54) is 30.4 Å². The van der Waals surface area contributed by atoms with Gasteiger partial charge in [0, 0.05) is 4.88 Å². The molecule has 3 heteroatoms. The molecule has 1 heterocycles. The molecule has 0 radical (unpaired) electrons. The molecule has 1 fully saturated rings. The summed E-state index contributed by atoms with van der Waals surface area (Å²) in [7, 11) is 0. The van der Waals surface area contributed by atoms with Gasteiger partial charge in [0.15, 0.2) is 0 Å². The van der Waals surface area contributed by atoms with Crippen molar-refractivity contribution in [2.45, 2.75) is 31.2 Å². The van der Waals surface area contributed by atoms with Crippen molar-refractivity contribution in [2.24, 2.45) is 5.73 Å². The lowest BCUT2D eigenvalue weighted by molar-refractivity contribution is 0.416. The van der Waals surface area contributed by atoms with Gasteiger partial charge < -0.3 is 5.73 Å². The molecule has 0 spiro atoms. The molecule has 2 aromatic rings. The molecule has 0 amide bonds. The number of benzene rings is 1. The van der Waals surface area contributed by atoms with Gasteiger partial charge in [-0.1, -0.05) is 42.3 Å². The monoisotopic (exact) mass is 277 g/mol. The molecule has 1 aromatic carbocycles. The maximum absolute atomic E-state index is 6.40. The molecule has 1 aliphatic carbocycles. The maximum Gasteiger partial charge on any atom is 0.0931 e. The van der Waals surface area contributed by atoms with E-state index in [1.54, 1.807) is 11.3 Å². The first kappa shape index (κ1) is 12.2. The first-order valence-electron chi connectivity index (χ1n) is 6.35. The van der Waals surface area contributed by atoms with Crippen LogP contribution in [0.4, 0.5) is 0 Å². The molecule has 0 bridgehead atoms. The number of hydrogen-bond donors (Lipinski definition) is 1. The molecule has 1 aliphatic rings. The molecule has 0 saturated heterocycles. The Morgan fingerprint density at radius 1 is 1.17 bits per heavy atom. The number of hydrogen-bond acceptors (Lipinski definition) is 2.